The maximum atomic E-state index is 14.8. The molecule has 4 aromatic carbocycles. The minimum atomic E-state index is -1.69. The summed E-state index contributed by atoms with van der Waals surface area (Å²) in [6.07, 6.45) is 6.81. The van der Waals surface area contributed by atoms with Crippen LogP contribution in [-0.2, 0) is 16.1 Å². The summed E-state index contributed by atoms with van der Waals surface area (Å²) in [6.45, 7) is 3.82. The third-order valence-electron chi connectivity index (χ3n) is 12.2. The van der Waals surface area contributed by atoms with Gasteiger partial charge in [0, 0.05) is 55.9 Å². The Labute approximate surface area is 374 Å². The van der Waals surface area contributed by atoms with Crippen molar-refractivity contribution < 1.29 is 53.0 Å². The number of halogens is 1. The predicted octanol–water partition coefficient (Wildman–Crippen LogP) is 9.40. The first-order chi connectivity index (χ1) is 31.5. The smallest absolute Gasteiger partial charge is 0.416 e. The maximum Gasteiger partial charge on any atom is 0.416 e. The van der Waals surface area contributed by atoms with Crippen LogP contribution in [0.5, 0.6) is 23.0 Å². The molecule has 6 atom stereocenters. The van der Waals surface area contributed by atoms with E-state index in [4.69, 9.17) is 23.8 Å². The molecule has 342 valence electrons. The number of allylic oxidation sites excluding steroid dienone is 1. The number of carbonyl (C=O) groups excluding carboxylic acids is 1. The number of carbonyl (C=O) groups is 1. The number of fused-ring (bicyclic) bond motifs is 2. The van der Waals surface area contributed by atoms with Gasteiger partial charge in [0.1, 0.15) is 42.0 Å². The normalized spacial score (nSPS) is 22.4. The van der Waals surface area contributed by atoms with Gasteiger partial charge in [0.15, 0.2) is 0 Å². The van der Waals surface area contributed by atoms with Gasteiger partial charge < -0.3 is 34.0 Å². The number of hydrogen-bond donors (Lipinski definition) is 2. The quantitative estimate of drug-likeness (QED) is 0.0368. The molecule has 4 aromatic rings. The fourth-order valence-corrected chi connectivity index (χ4v) is 9.50. The number of benzene rings is 4. The SMILES string of the molecule is C=CCOC12Oc3ccc(Oc4cccc([N+](=O)[O-])c4)cc3C3C(CCCCO)C(CCCCO)C=C(C(=NOC)CC1N(Cc1ccc(F)cc1)C(=O)Oc1ccc([N+](=O)[O-])cc1)C32. The lowest BCUT2D eigenvalue weighted by Crippen LogP contribution is -2.70. The standard InChI is InChI=1S/C48H51FN4O12/c1-3-25-62-48-44(51(30-31-13-15-33(49)16-14-31)47(56)64-36-19-17-34(18-20-36)52(57)58)29-42(50-61-2)40-26-32(9-4-6-23-54)39(12-5-7-24-55)45(46(40)48)41-28-38(21-22-43(41)65-48)63-37-11-8-10-35(27-37)53(59)60/h3,8,10-11,13-22,26-28,32,39,44-46,54-55H,1,4-7,9,12,23-25,29-30H2,2H3. The molecule has 2 aliphatic carbocycles. The van der Waals surface area contributed by atoms with Gasteiger partial charge in [0.05, 0.1) is 34.1 Å². The largest absolute Gasteiger partial charge is 0.459 e. The van der Waals surface area contributed by atoms with Crippen molar-refractivity contribution in [1.29, 1.82) is 0 Å². The Balaban J connectivity index is 1.44. The number of aliphatic hydroxyl groups is 2. The van der Waals surface area contributed by atoms with Gasteiger partial charge >= 0.3 is 6.09 Å². The van der Waals surface area contributed by atoms with Crippen molar-refractivity contribution in [3.8, 4) is 23.0 Å². The number of hydrogen-bond acceptors (Lipinski definition) is 13. The molecule has 65 heavy (non-hydrogen) atoms. The summed E-state index contributed by atoms with van der Waals surface area (Å²) < 4.78 is 40.8. The third kappa shape index (κ3) is 10.2. The fraction of sp³-hybridized carbons (Fsp3) is 0.375. The first kappa shape index (κ1) is 46.3. The van der Waals surface area contributed by atoms with Gasteiger partial charge in [-0.2, -0.15) is 0 Å². The van der Waals surface area contributed by atoms with E-state index < -0.39 is 45.4 Å². The van der Waals surface area contributed by atoms with Crippen molar-refractivity contribution in [2.24, 2.45) is 22.9 Å². The zero-order chi connectivity index (χ0) is 46.1. The van der Waals surface area contributed by atoms with E-state index in [1.54, 1.807) is 36.4 Å². The molecular formula is C48H51FN4O12. The molecule has 0 spiro atoms. The average Bonchev–Trinajstić information content (AvgIpc) is 3.30. The number of unbranched alkanes of at least 4 members (excludes halogenated alkanes) is 2. The number of non-ortho nitro benzene ring substituents is 2. The summed E-state index contributed by atoms with van der Waals surface area (Å²) in [5.74, 6) is -2.40. The summed E-state index contributed by atoms with van der Waals surface area (Å²) in [5, 5.41) is 47.5. The summed E-state index contributed by atoms with van der Waals surface area (Å²) in [6, 6.07) is 20.9. The molecule has 0 saturated heterocycles. The van der Waals surface area contributed by atoms with Crippen LogP contribution in [-0.4, -0.2) is 75.5 Å². The lowest BCUT2D eigenvalue weighted by atomic mass is 9.55. The Kier molecular flexibility index (Phi) is 14.9. The molecule has 3 aliphatic rings. The number of nitro benzene ring substituents is 2. The second-order valence-electron chi connectivity index (χ2n) is 16.2. The van der Waals surface area contributed by atoms with Crippen LogP contribution in [0.15, 0.2) is 120 Å². The Morgan fingerprint density at radius 3 is 2.29 bits per heavy atom. The van der Waals surface area contributed by atoms with Crippen molar-refractivity contribution in [3.63, 3.8) is 0 Å². The zero-order valence-corrected chi connectivity index (χ0v) is 35.8. The average molecular weight is 895 g/mol. The van der Waals surface area contributed by atoms with E-state index in [0.29, 0.717) is 54.9 Å². The lowest BCUT2D eigenvalue weighted by Gasteiger charge is -2.59. The fourth-order valence-electron chi connectivity index (χ4n) is 9.50. The molecule has 2 N–H and O–H groups in total. The Bertz CT molecular complexity index is 2410. The number of ether oxygens (including phenoxy) is 4. The monoisotopic (exact) mass is 894 g/mol. The van der Waals surface area contributed by atoms with E-state index in [1.807, 2.05) is 6.07 Å². The van der Waals surface area contributed by atoms with Crippen LogP contribution in [0.3, 0.4) is 0 Å². The van der Waals surface area contributed by atoms with Crippen LogP contribution in [0.25, 0.3) is 0 Å². The van der Waals surface area contributed by atoms with Crippen LogP contribution in [0.1, 0.15) is 62.0 Å². The number of rotatable bonds is 20. The van der Waals surface area contributed by atoms with Gasteiger partial charge in [-0.1, -0.05) is 48.3 Å². The van der Waals surface area contributed by atoms with Gasteiger partial charge in [-0.05, 0) is 97.2 Å². The Morgan fingerprint density at radius 1 is 0.923 bits per heavy atom. The molecule has 16 nitrogen and oxygen atoms in total. The summed E-state index contributed by atoms with van der Waals surface area (Å²) in [5.41, 5.74) is 2.23. The molecular weight excluding hydrogens is 844 g/mol. The minimum absolute atomic E-state index is 0.00764. The molecule has 7 rings (SSSR count). The van der Waals surface area contributed by atoms with E-state index in [0.717, 1.165) is 17.6 Å². The number of oxime groups is 1. The second-order valence-corrected chi connectivity index (χ2v) is 16.2. The van der Waals surface area contributed by atoms with Gasteiger partial charge in [-0.25, -0.2) is 9.18 Å². The van der Waals surface area contributed by atoms with E-state index in [-0.39, 0.29) is 67.5 Å². The summed E-state index contributed by atoms with van der Waals surface area (Å²) >= 11 is 0. The van der Waals surface area contributed by atoms with E-state index in [1.165, 1.54) is 66.6 Å². The van der Waals surface area contributed by atoms with E-state index in [2.05, 4.69) is 17.8 Å². The third-order valence-corrected chi connectivity index (χ3v) is 12.2. The van der Waals surface area contributed by atoms with Crippen molar-refractivity contribution in [2.45, 2.75) is 69.2 Å². The van der Waals surface area contributed by atoms with Crippen LogP contribution in [0.2, 0.25) is 0 Å². The lowest BCUT2D eigenvalue weighted by molar-refractivity contribution is -0.385. The molecule has 1 amide bonds. The Morgan fingerprint density at radius 2 is 1.62 bits per heavy atom. The number of nitro groups is 2. The highest BCUT2D eigenvalue weighted by Gasteiger charge is 2.65. The Hall–Kier alpha value is -6.69. The predicted molar refractivity (Wildman–Crippen MR) is 236 cm³/mol. The topological polar surface area (TPSA) is 206 Å². The molecule has 0 radical (unpaired) electrons. The minimum Gasteiger partial charge on any atom is -0.459 e. The van der Waals surface area contributed by atoms with Crippen LogP contribution in [0.4, 0.5) is 20.6 Å². The van der Waals surface area contributed by atoms with Gasteiger partial charge in [0.2, 0.25) is 5.79 Å². The van der Waals surface area contributed by atoms with Gasteiger partial charge in [-0.3, -0.25) is 25.1 Å². The van der Waals surface area contributed by atoms with Crippen molar-refractivity contribution >= 4 is 23.2 Å². The summed E-state index contributed by atoms with van der Waals surface area (Å²) in [7, 11) is 1.43. The second kappa shape index (κ2) is 20.9. The summed E-state index contributed by atoms with van der Waals surface area (Å²) in [4.78, 5) is 43.9. The molecule has 0 aromatic heterocycles. The maximum absolute atomic E-state index is 14.8. The first-order valence-electron chi connectivity index (χ1n) is 21.5. The zero-order valence-electron chi connectivity index (χ0n) is 35.8. The molecule has 17 heteroatoms. The number of nitrogens with zero attached hydrogens (tertiary/aromatic N) is 4. The van der Waals surface area contributed by atoms with Crippen molar-refractivity contribution in [2.75, 3.05) is 26.9 Å². The van der Waals surface area contributed by atoms with Crippen molar-refractivity contribution in [1.82, 2.24) is 4.90 Å². The highest BCUT2D eigenvalue weighted by Crippen LogP contribution is 2.62. The van der Waals surface area contributed by atoms with Crippen molar-refractivity contribution in [3.05, 3.63) is 152 Å². The van der Waals surface area contributed by atoms with Gasteiger partial charge in [0.25, 0.3) is 11.4 Å². The number of aliphatic hydroxyl groups excluding tert-OH is 2. The molecule has 1 fully saturated rings. The molecule has 1 saturated carbocycles. The molecule has 0 bridgehead atoms. The highest BCUT2D eigenvalue weighted by atomic mass is 19.1. The van der Waals surface area contributed by atoms with Crippen LogP contribution >= 0.6 is 0 Å². The molecule has 6 unspecified atom stereocenters. The molecule has 1 aliphatic heterocycles. The van der Waals surface area contributed by atoms with E-state index in [9.17, 15) is 39.6 Å². The van der Waals surface area contributed by atoms with Gasteiger partial charge in [-0.15, -0.1) is 6.58 Å². The highest BCUT2D eigenvalue weighted by molar-refractivity contribution is 6.03. The first-order valence-corrected chi connectivity index (χ1v) is 21.5. The van der Waals surface area contributed by atoms with Crippen LogP contribution in [0, 0.1) is 43.8 Å². The van der Waals surface area contributed by atoms with E-state index >= 15 is 0 Å². The van der Waals surface area contributed by atoms with Crippen LogP contribution < -0.4 is 14.2 Å². The molecule has 1 heterocycles. The number of amides is 1.